The van der Waals surface area contributed by atoms with Gasteiger partial charge in [0.1, 0.15) is 0 Å². The van der Waals surface area contributed by atoms with Crippen molar-refractivity contribution < 1.29 is 23.4 Å². The van der Waals surface area contributed by atoms with E-state index in [2.05, 4.69) is 19.9 Å². The van der Waals surface area contributed by atoms with Gasteiger partial charge in [0.05, 0.1) is 6.10 Å². The second-order valence-corrected chi connectivity index (χ2v) is 11.6. The second-order valence-electron chi connectivity index (χ2n) is 11.6. The fourth-order valence-electron chi connectivity index (χ4n) is 8.06. The van der Waals surface area contributed by atoms with Crippen LogP contribution in [0.1, 0.15) is 91.4 Å². The summed E-state index contributed by atoms with van der Waals surface area (Å²) in [5.74, 6) is 2.49. The Morgan fingerprint density at radius 1 is 1.07 bits per heavy atom. The van der Waals surface area contributed by atoms with Crippen molar-refractivity contribution in [2.75, 3.05) is 0 Å². The quantitative estimate of drug-likeness (QED) is 0.508. The normalized spacial score (nSPS) is 45.7. The molecule has 30 heavy (non-hydrogen) atoms. The van der Waals surface area contributed by atoms with Gasteiger partial charge in [-0.05, 0) is 112 Å². The topological polar surface area (TPSA) is 40.5 Å². The van der Waals surface area contributed by atoms with Crippen molar-refractivity contribution in [1.29, 1.82) is 0 Å². The van der Waals surface area contributed by atoms with E-state index in [9.17, 15) is 23.4 Å². The molecule has 4 rings (SSSR count). The van der Waals surface area contributed by atoms with E-state index in [1.54, 1.807) is 0 Å². The molecule has 3 fully saturated rings. The summed E-state index contributed by atoms with van der Waals surface area (Å²) in [6.45, 7) is 5.74. The monoisotopic (exact) mass is 428 g/mol. The molecule has 2 nitrogen and oxygen atoms in total. The minimum absolute atomic E-state index is 0.181. The van der Waals surface area contributed by atoms with Gasteiger partial charge in [-0.15, -0.1) is 0 Å². The predicted molar refractivity (Wildman–Crippen MR) is 112 cm³/mol. The third-order valence-electron chi connectivity index (χ3n) is 10.1. The molecule has 0 bridgehead atoms. The lowest BCUT2D eigenvalue weighted by Crippen LogP contribution is -2.50. The first kappa shape index (κ1) is 22.6. The van der Waals surface area contributed by atoms with Crippen molar-refractivity contribution in [3.05, 3.63) is 11.6 Å². The molecular formula is C25H39F3O2. The Bertz CT molecular complexity index is 684. The molecule has 0 aromatic rings. The van der Waals surface area contributed by atoms with Gasteiger partial charge in [0.15, 0.2) is 5.60 Å². The average molecular weight is 429 g/mol. The van der Waals surface area contributed by atoms with Crippen molar-refractivity contribution in [2.45, 2.75) is 109 Å². The second kappa shape index (κ2) is 7.50. The van der Waals surface area contributed by atoms with Gasteiger partial charge in [-0.3, -0.25) is 0 Å². The Morgan fingerprint density at radius 2 is 1.80 bits per heavy atom. The summed E-state index contributed by atoms with van der Waals surface area (Å²) >= 11 is 0. The van der Waals surface area contributed by atoms with Crippen LogP contribution in [-0.2, 0) is 0 Å². The zero-order valence-corrected chi connectivity index (χ0v) is 18.8. The molecule has 2 N–H and O–H groups in total. The average Bonchev–Trinajstić information content (AvgIpc) is 2.98. The Labute approximate surface area is 179 Å². The van der Waals surface area contributed by atoms with Crippen molar-refractivity contribution in [3.63, 3.8) is 0 Å². The largest absolute Gasteiger partial charge is 0.416 e. The molecule has 0 spiro atoms. The van der Waals surface area contributed by atoms with Crippen molar-refractivity contribution >= 4 is 0 Å². The summed E-state index contributed by atoms with van der Waals surface area (Å²) in [6, 6.07) is 0. The summed E-state index contributed by atoms with van der Waals surface area (Å²) < 4.78 is 39.0. The van der Waals surface area contributed by atoms with Gasteiger partial charge in [-0.1, -0.05) is 25.5 Å². The molecule has 4 aliphatic carbocycles. The number of alkyl halides is 3. The van der Waals surface area contributed by atoms with E-state index in [0.29, 0.717) is 30.1 Å². The summed E-state index contributed by atoms with van der Waals surface area (Å²) in [5.41, 5.74) is -0.641. The molecule has 0 aliphatic heterocycles. The van der Waals surface area contributed by atoms with Gasteiger partial charge in [0.25, 0.3) is 0 Å². The van der Waals surface area contributed by atoms with E-state index in [-0.39, 0.29) is 23.4 Å². The van der Waals surface area contributed by atoms with Crippen LogP contribution < -0.4 is 0 Å². The van der Waals surface area contributed by atoms with Crippen LogP contribution in [0.2, 0.25) is 0 Å². The molecule has 8 atom stereocenters. The number of rotatable bonds is 4. The summed E-state index contributed by atoms with van der Waals surface area (Å²) in [6.07, 6.45) is 7.35. The molecule has 0 amide bonds. The lowest BCUT2D eigenvalue weighted by molar-refractivity contribution is -0.255. The van der Waals surface area contributed by atoms with Crippen LogP contribution >= 0.6 is 0 Å². The molecule has 4 aliphatic rings. The zero-order valence-electron chi connectivity index (χ0n) is 18.8. The molecule has 5 heteroatoms. The number of hydrogen-bond donors (Lipinski definition) is 2. The van der Waals surface area contributed by atoms with Crippen LogP contribution in [0.5, 0.6) is 0 Å². The van der Waals surface area contributed by atoms with Crippen molar-refractivity contribution in [3.8, 4) is 0 Å². The smallest absolute Gasteiger partial charge is 0.393 e. The first-order valence-corrected chi connectivity index (χ1v) is 12.1. The highest BCUT2D eigenvalue weighted by Gasteiger charge is 2.58. The summed E-state index contributed by atoms with van der Waals surface area (Å²) in [4.78, 5) is 0. The van der Waals surface area contributed by atoms with Gasteiger partial charge in [0, 0.05) is 0 Å². The van der Waals surface area contributed by atoms with E-state index in [1.165, 1.54) is 24.8 Å². The van der Waals surface area contributed by atoms with E-state index < -0.39 is 11.8 Å². The Balaban J connectivity index is 1.44. The van der Waals surface area contributed by atoms with Crippen LogP contribution in [0.4, 0.5) is 13.2 Å². The fourth-order valence-corrected chi connectivity index (χ4v) is 8.06. The number of aliphatic hydroxyl groups is 2. The third kappa shape index (κ3) is 3.56. The van der Waals surface area contributed by atoms with Gasteiger partial charge in [0.2, 0.25) is 0 Å². The van der Waals surface area contributed by atoms with Gasteiger partial charge < -0.3 is 10.2 Å². The van der Waals surface area contributed by atoms with Crippen LogP contribution in [0, 0.1) is 34.5 Å². The van der Waals surface area contributed by atoms with E-state index in [1.807, 2.05) is 0 Å². The number of fused-ring (bicyclic) bond motifs is 5. The van der Waals surface area contributed by atoms with Gasteiger partial charge >= 0.3 is 6.18 Å². The highest BCUT2D eigenvalue weighted by molar-refractivity contribution is 5.25. The molecule has 0 radical (unpaired) electrons. The van der Waals surface area contributed by atoms with E-state index in [4.69, 9.17) is 0 Å². The zero-order chi connectivity index (χ0) is 21.9. The van der Waals surface area contributed by atoms with Gasteiger partial charge in [-0.2, -0.15) is 13.2 Å². The van der Waals surface area contributed by atoms with E-state index >= 15 is 0 Å². The van der Waals surface area contributed by atoms with Crippen LogP contribution in [-0.4, -0.2) is 28.1 Å². The Morgan fingerprint density at radius 3 is 2.50 bits per heavy atom. The first-order chi connectivity index (χ1) is 13.9. The molecule has 0 saturated heterocycles. The highest BCUT2D eigenvalue weighted by atomic mass is 19.4. The lowest BCUT2D eigenvalue weighted by Gasteiger charge is -2.58. The number of allylic oxidation sites excluding steroid dienone is 1. The van der Waals surface area contributed by atoms with E-state index in [0.717, 1.165) is 45.4 Å². The molecule has 3 saturated carbocycles. The molecule has 7 unspecified atom stereocenters. The van der Waals surface area contributed by atoms with Gasteiger partial charge in [-0.25, -0.2) is 0 Å². The molecule has 172 valence electrons. The Kier molecular flexibility index (Phi) is 5.66. The molecular weight excluding hydrogens is 389 g/mol. The number of aliphatic hydroxyl groups excluding tert-OH is 1. The first-order valence-electron chi connectivity index (χ1n) is 12.1. The number of hydrogen-bond acceptors (Lipinski definition) is 2. The fraction of sp³-hybridized carbons (Fsp3) is 0.920. The predicted octanol–water partition coefficient (Wildman–Crippen LogP) is 6.41. The maximum atomic E-state index is 13.0. The maximum absolute atomic E-state index is 13.0. The minimum Gasteiger partial charge on any atom is -0.393 e. The van der Waals surface area contributed by atoms with Crippen molar-refractivity contribution in [2.24, 2.45) is 34.5 Å². The SMILES string of the molecule is CC12CCC(O)CC1=CCC1C2CCC2(C)C(CCC[C@@](C)(O)C(F)(F)F)CCC12. The minimum atomic E-state index is -4.55. The lowest BCUT2D eigenvalue weighted by atomic mass is 9.47. The van der Waals surface area contributed by atoms with Crippen molar-refractivity contribution in [1.82, 2.24) is 0 Å². The standard InChI is InChI=1S/C25H39F3O2/c1-22-14-11-21-19(8-6-17-15-18(29)10-13-23(17,21)2)20(22)9-7-16(22)5-4-12-24(3,30)25(26,27)28/h6,16,18-21,29-30H,4-5,7-15H2,1-3H3/t16?,18?,19?,20?,21?,22?,23?,24-/m1/s1. The Hall–Kier alpha value is -0.550. The molecule has 0 heterocycles. The molecule has 0 aromatic carbocycles. The van der Waals surface area contributed by atoms with Crippen LogP contribution in [0.3, 0.4) is 0 Å². The third-order valence-corrected chi connectivity index (χ3v) is 10.1. The van der Waals surface area contributed by atoms with Crippen LogP contribution in [0.15, 0.2) is 11.6 Å². The summed E-state index contributed by atoms with van der Waals surface area (Å²) in [7, 11) is 0. The van der Waals surface area contributed by atoms with Crippen LogP contribution in [0.25, 0.3) is 0 Å². The molecule has 0 aromatic heterocycles. The summed E-state index contributed by atoms with van der Waals surface area (Å²) in [5, 5.41) is 19.9. The highest BCUT2D eigenvalue weighted by Crippen LogP contribution is 2.66. The number of halogens is 3. The maximum Gasteiger partial charge on any atom is 0.416 e.